The normalized spacial score (nSPS) is 14.6. The number of methoxy groups -OCH3 is 3. The Morgan fingerprint density at radius 3 is 2.42 bits per heavy atom. The van der Waals surface area contributed by atoms with Gasteiger partial charge in [0.2, 0.25) is 17.6 Å². The molecule has 3 aromatic rings. The van der Waals surface area contributed by atoms with Crippen LogP contribution in [0.5, 0.6) is 17.2 Å². The quantitative estimate of drug-likeness (QED) is 0.553. The van der Waals surface area contributed by atoms with Crippen LogP contribution in [-0.4, -0.2) is 55.4 Å². The standard InChI is InChI=1S/C24H28N4O5/c1-30-19-7-4-16(5-8-19)23-26-22(33-27-23)15-28-12-10-17(11-13-28)24(29)25-18-6-9-20(31-2)21(14-18)32-3/h4-9,14,17H,10-13,15H2,1-3H3,(H,25,29). The molecule has 0 spiro atoms. The molecule has 33 heavy (non-hydrogen) atoms. The Morgan fingerprint density at radius 1 is 1.03 bits per heavy atom. The largest absolute Gasteiger partial charge is 0.497 e. The minimum absolute atomic E-state index is 0.0152. The van der Waals surface area contributed by atoms with Gasteiger partial charge in [-0.3, -0.25) is 9.69 Å². The molecule has 174 valence electrons. The highest BCUT2D eigenvalue weighted by atomic mass is 16.5. The van der Waals surface area contributed by atoms with Crippen molar-refractivity contribution < 1.29 is 23.5 Å². The van der Waals surface area contributed by atoms with E-state index in [1.54, 1.807) is 33.5 Å². The van der Waals surface area contributed by atoms with Crippen molar-refractivity contribution in [2.24, 2.45) is 5.92 Å². The highest BCUT2D eigenvalue weighted by Gasteiger charge is 2.26. The van der Waals surface area contributed by atoms with E-state index >= 15 is 0 Å². The lowest BCUT2D eigenvalue weighted by atomic mass is 9.96. The van der Waals surface area contributed by atoms with Crippen LogP contribution in [0.15, 0.2) is 47.0 Å². The van der Waals surface area contributed by atoms with E-state index in [1.165, 1.54) is 0 Å². The molecule has 0 atom stereocenters. The number of piperidine rings is 1. The molecule has 0 aliphatic carbocycles. The van der Waals surface area contributed by atoms with Crippen LogP contribution in [0.2, 0.25) is 0 Å². The Labute approximate surface area is 192 Å². The third-order valence-corrected chi connectivity index (χ3v) is 5.78. The SMILES string of the molecule is COc1ccc(-c2noc(CN3CCC(C(=O)Nc4ccc(OC)c(OC)c4)CC3)n2)cc1. The van der Waals surface area contributed by atoms with Gasteiger partial charge in [0.15, 0.2) is 11.5 Å². The van der Waals surface area contributed by atoms with E-state index in [9.17, 15) is 4.79 Å². The minimum Gasteiger partial charge on any atom is -0.497 e. The molecule has 9 heteroatoms. The number of carbonyl (C=O) groups excluding carboxylic acids is 1. The van der Waals surface area contributed by atoms with E-state index in [1.807, 2.05) is 30.3 Å². The zero-order chi connectivity index (χ0) is 23.2. The van der Waals surface area contributed by atoms with E-state index in [-0.39, 0.29) is 11.8 Å². The predicted molar refractivity (Wildman–Crippen MR) is 122 cm³/mol. The molecule has 1 aromatic heterocycles. The third-order valence-electron chi connectivity index (χ3n) is 5.78. The van der Waals surface area contributed by atoms with Crippen LogP contribution in [0.25, 0.3) is 11.4 Å². The lowest BCUT2D eigenvalue weighted by molar-refractivity contribution is -0.121. The second kappa shape index (κ2) is 10.4. The van der Waals surface area contributed by atoms with Gasteiger partial charge in [0.05, 0.1) is 27.9 Å². The summed E-state index contributed by atoms with van der Waals surface area (Å²) in [6.07, 6.45) is 1.52. The van der Waals surface area contributed by atoms with Crippen molar-refractivity contribution in [3.8, 4) is 28.6 Å². The van der Waals surface area contributed by atoms with Gasteiger partial charge in [-0.25, -0.2) is 0 Å². The van der Waals surface area contributed by atoms with Crippen LogP contribution in [0.1, 0.15) is 18.7 Å². The number of anilines is 1. The lowest BCUT2D eigenvalue weighted by Gasteiger charge is -2.30. The summed E-state index contributed by atoms with van der Waals surface area (Å²) in [4.78, 5) is 19.5. The average Bonchev–Trinajstić information content (AvgIpc) is 3.32. The number of carbonyl (C=O) groups is 1. The summed E-state index contributed by atoms with van der Waals surface area (Å²) in [5, 5.41) is 7.08. The number of hydrogen-bond donors (Lipinski definition) is 1. The van der Waals surface area contributed by atoms with Crippen LogP contribution in [-0.2, 0) is 11.3 Å². The molecule has 1 fully saturated rings. The molecular formula is C24H28N4O5. The molecule has 1 amide bonds. The fourth-order valence-corrected chi connectivity index (χ4v) is 3.88. The predicted octanol–water partition coefficient (Wildman–Crippen LogP) is 3.61. The number of aromatic nitrogens is 2. The molecule has 0 radical (unpaired) electrons. The summed E-state index contributed by atoms with van der Waals surface area (Å²) in [6.45, 7) is 2.13. The van der Waals surface area contributed by atoms with Gasteiger partial charge in [0, 0.05) is 23.2 Å². The first-order valence-corrected chi connectivity index (χ1v) is 10.8. The number of benzene rings is 2. The van der Waals surface area contributed by atoms with E-state index in [2.05, 4.69) is 20.4 Å². The maximum absolute atomic E-state index is 12.7. The molecule has 2 heterocycles. The Bertz CT molecular complexity index is 1070. The Balaban J connectivity index is 1.28. The zero-order valence-corrected chi connectivity index (χ0v) is 19.0. The van der Waals surface area contributed by atoms with Crippen molar-refractivity contribution >= 4 is 11.6 Å². The zero-order valence-electron chi connectivity index (χ0n) is 19.0. The Kier molecular flexibility index (Phi) is 7.09. The topological polar surface area (TPSA) is 99.0 Å². The summed E-state index contributed by atoms with van der Waals surface area (Å²) >= 11 is 0. The van der Waals surface area contributed by atoms with E-state index in [0.29, 0.717) is 35.4 Å². The molecule has 9 nitrogen and oxygen atoms in total. The van der Waals surface area contributed by atoms with Crippen molar-refractivity contribution in [2.75, 3.05) is 39.7 Å². The summed E-state index contributed by atoms with van der Waals surface area (Å²) in [7, 11) is 4.78. The number of nitrogens with one attached hydrogen (secondary N) is 1. The molecule has 1 saturated heterocycles. The van der Waals surface area contributed by atoms with Crippen LogP contribution in [0.3, 0.4) is 0 Å². The molecule has 0 saturated carbocycles. The minimum atomic E-state index is -0.0492. The van der Waals surface area contributed by atoms with Crippen molar-refractivity contribution in [2.45, 2.75) is 19.4 Å². The van der Waals surface area contributed by atoms with E-state index < -0.39 is 0 Å². The first-order chi connectivity index (χ1) is 16.1. The van der Waals surface area contributed by atoms with Gasteiger partial charge >= 0.3 is 0 Å². The van der Waals surface area contributed by atoms with Gasteiger partial charge in [0.25, 0.3) is 0 Å². The maximum atomic E-state index is 12.7. The van der Waals surface area contributed by atoms with Gasteiger partial charge in [-0.15, -0.1) is 0 Å². The monoisotopic (exact) mass is 452 g/mol. The first kappa shape index (κ1) is 22.6. The molecular weight excluding hydrogens is 424 g/mol. The number of ether oxygens (including phenoxy) is 3. The summed E-state index contributed by atoms with van der Waals surface area (Å²) < 4.78 is 21.2. The van der Waals surface area contributed by atoms with Crippen molar-refractivity contribution in [1.82, 2.24) is 15.0 Å². The smallest absolute Gasteiger partial charge is 0.241 e. The van der Waals surface area contributed by atoms with Crippen molar-refractivity contribution in [1.29, 1.82) is 0 Å². The van der Waals surface area contributed by atoms with Gasteiger partial charge in [-0.2, -0.15) is 4.98 Å². The van der Waals surface area contributed by atoms with Gasteiger partial charge in [-0.1, -0.05) is 5.16 Å². The summed E-state index contributed by atoms with van der Waals surface area (Å²) in [5.41, 5.74) is 1.56. The lowest BCUT2D eigenvalue weighted by Crippen LogP contribution is -2.37. The fraction of sp³-hybridized carbons (Fsp3) is 0.375. The molecule has 1 aliphatic rings. The Morgan fingerprint density at radius 2 is 1.76 bits per heavy atom. The van der Waals surface area contributed by atoms with Crippen LogP contribution in [0.4, 0.5) is 5.69 Å². The van der Waals surface area contributed by atoms with Crippen LogP contribution in [0, 0.1) is 5.92 Å². The highest BCUT2D eigenvalue weighted by Crippen LogP contribution is 2.30. The number of nitrogens with zero attached hydrogens (tertiary/aromatic N) is 3. The second-order valence-electron chi connectivity index (χ2n) is 7.85. The maximum Gasteiger partial charge on any atom is 0.241 e. The van der Waals surface area contributed by atoms with E-state index in [0.717, 1.165) is 37.2 Å². The van der Waals surface area contributed by atoms with Crippen LogP contribution < -0.4 is 19.5 Å². The number of rotatable bonds is 8. The number of amides is 1. The number of likely N-dealkylation sites (tertiary alicyclic amines) is 1. The van der Waals surface area contributed by atoms with Crippen LogP contribution >= 0.6 is 0 Å². The molecule has 4 rings (SSSR count). The molecule has 0 unspecified atom stereocenters. The fourth-order valence-electron chi connectivity index (χ4n) is 3.88. The highest BCUT2D eigenvalue weighted by molar-refractivity contribution is 5.93. The first-order valence-electron chi connectivity index (χ1n) is 10.8. The van der Waals surface area contributed by atoms with Gasteiger partial charge < -0.3 is 24.1 Å². The molecule has 2 aromatic carbocycles. The summed E-state index contributed by atoms with van der Waals surface area (Å²) in [5.74, 6) is 3.07. The number of hydrogen-bond acceptors (Lipinski definition) is 8. The van der Waals surface area contributed by atoms with E-state index in [4.69, 9.17) is 18.7 Å². The van der Waals surface area contributed by atoms with Crippen molar-refractivity contribution in [3.63, 3.8) is 0 Å². The second-order valence-corrected chi connectivity index (χ2v) is 7.85. The summed E-state index contributed by atoms with van der Waals surface area (Å²) in [6, 6.07) is 12.9. The Hall–Kier alpha value is -3.59. The van der Waals surface area contributed by atoms with Gasteiger partial charge in [-0.05, 0) is 62.3 Å². The van der Waals surface area contributed by atoms with Crippen molar-refractivity contribution in [3.05, 3.63) is 48.4 Å². The molecule has 1 N–H and O–H groups in total. The average molecular weight is 453 g/mol. The van der Waals surface area contributed by atoms with Gasteiger partial charge in [0.1, 0.15) is 5.75 Å². The molecule has 1 aliphatic heterocycles. The molecule has 0 bridgehead atoms. The third kappa shape index (κ3) is 5.43.